The lowest BCUT2D eigenvalue weighted by molar-refractivity contribution is -0.145. The summed E-state index contributed by atoms with van der Waals surface area (Å²) in [5, 5.41) is 20.3. The lowest BCUT2D eigenvalue weighted by Crippen LogP contribution is -2.16. The van der Waals surface area contributed by atoms with Crippen LogP contribution in [0, 0.1) is 5.92 Å². The number of rotatable bonds is 14. The third-order valence-electron chi connectivity index (χ3n) is 7.09. The number of phenols is 1. The minimum absolute atomic E-state index is 0.176. The molecule has 3 aromatic rings. The molecule has 1 N–H and O–H groups in total. The van der Waals surface area contributed by atoms with Crippen molar-refractivity contribution in [1.82, 2.24) is 15.0 Å². The van der Waals surface area contributed by atoms with E-state index in [1.165, 1.54) is 10.4 Å². The zero-order valence-corrected chi connectivity index (χ0v) is 23.9. The second-order valence-corrected chi connectivity index (χ2v) is 11.3. The van der Waals surface area contributed by atoms with Gasteiger partial charge in [-0.05, 0) is 60.6 Å². The smallest absolute Gasteiger partial charge is 0.306 e. The topological polar surface area (TPSA) is 77.2 Å². The summed E-state index contributed by atoms with van der Waals surface area (Å²) in [7, 11) is 0. The van der Waals surface area contributed by atoms with E-state index in [1.807, 2.05) is 18.2 Å². The van der Waals surface area contributed by atoms with E-state index in [2.05, 4.69) is 69.1 Å². The highest BCUT2D eigenvalue weighted by Crippen LogP contribution is 2.36. The van der Waals surface area contributed by atoms with Crippen LogP contribution in [-0.2, 0) is 34.2 Å². The van der Waals surface area contributed by atoms with Crippen molar-refractivity contribution in [3.8, 4) is 11.4 Å². The minimum Gasteiger partial charge on any atom is -0.505 e. The van der Waals surface area contributed by atoms with Gasteiger partial charge in [0.2, 0.25) is 0 Å². The Labute approximate surface area is 228 Å². The van der Waals surface area contributed by atoms with E-state index in [9.17, 15) is 9.90 Å². The first-order valence-corrected chi connectivity index (χ1v) is 14.2. The zero-order valence-electron chi connectivity index (χ0n) is 23.9. The number of aromatic hydroxyl groups is 1. The minimum atomic E-state index is -0.283. The van der Waals surface area contributed by atoms with Crippen LogP contribution in [0.25, 0.3) is 5.69 Å². The molecule has 0 aliphatic carbocycles. The average Bonchev–Trinajstić information content (AvgIpc) is 3.36. The van der Waals surface area contributed by atoms with E-state index in [0.29, 0.717) is 31.1 Å². The Morgan fingerprint density at radius 3 is 2.47 bits per heavy atom. The third-order valence-corrected chi connectivity index (χ3v) is 7.09. The maximum Gasteiger partial charge on any atom is 0.306 e. The number of aromatic nitrogens is 3. The van der Waals surface area contributed by atoms with Gasteiger partial charge in [0.1, 0.15) is 11.4 Å². The first-order chi connectivity index (χ1) is 18.2. The highest BCUT2D eigenvalue weighted by atomic mass is 16.5. The van der Waals surface area contributed by atoms with Crippen molar-refractivity contribution in [3.63, 3.8) is 0 Å². The number of esters is 1. The molecule has 6 heteroatoms. The number of aryl methyl sites for hydroxylation is 3. The Kier molecular flexibility index (Phi) is 10.9. The summed E-state index contributed by atoms with van der Waals surface area (Å²) in [6.45, 7) is 11.0. The SMILES string of the molecule is CCCCC(CC)COC(=O)CCc1cc(-n2ncc(CCCc3ccccc3)n2)c(O)c(C(C)(C)C)c1. The van der Waals surface area contributed by atoms with Crippen LogP contribution < -0.4 is 0 Å². The molecule has 38 heavy (non-hydrogen) atoms. The van der Waals surface area contributed by atoms with Gasteiger partial charge in [-0.1, -0.05) is 90.3 Å². The molecule has 1 aromatic heterocycles. The number of phenolic OH excluding ortho intramolecular Hbond substituents is 1. The van der Waals surface area contributed by atoms with Crippen molar-refractivity contribution >= 4 is 5.97 Å². The molecule has 3 rings (SSSR count). The van der Waals surface area contributed by atoms with Crippen molar-refractivity contribution in [2.75, 3.05) is 6.61 Å². The van der Waals surface area contributed by atoms with Crippen molar-refractivity contribution < 1.29 is 14.6 Å². The van der Waals surface area contributed by atoms with E-state index in [1.54, 1.807) is 6.20 Å². The van der Waals surface area contributed by atoms with Crippen molar-refractivity contribution in [1.29, 1.82) is 0 Å². The van der Waals surface area contributed by atoms with E-state index in [0.717, 1.165) is 61.8 Å². The predicted molar refractivity (Wildman–Crippen MR) is 153 cm³/mol. The van der Waals surface area contributed by atoms with E-state index >= 15 is 0 Å². The number of benzene rings is 2. The number of hydrogen-bond donors (Lipinski definition) is 1. The van der Waals surface area contributed by atoms with Crippen LogP contribution in [0.4, 0.5) is 0 Å². The van der Waals surface area contributed by atoms with Crippen LogP contribution in [0.1, 0.15) is 95.5 Å². The van der Waals surface area contributed by atoms with E-state index in [4.69, 9.17) is 4.74 Å². The van der Waals surface area contributed by atoms with Gasteiger partial charge < -0.3 is 9.84 Å². The van der Waals surface area contributed by atoms with Gasteiger partial charge in [0, 0.05) is 12.0 Å². The molecule has 1 atom stereocenters. The summed E-state index contributed by atoms with van der Waals surface area (Å²) in [6.07, 6.45) is 9.82. The lowest BCUT2D eigenvalue weighted by atomic mass is 9.84. The molecule has 0 amide bonds. The molecule has 0 aliphatic rings. The van der Waals surface area contributed by atoms with Gasteiger partial charge in [0.15, 0.2) is 0 Å². The summed E-state index contributed by atoms with van der Waals surface area (Å²) in [4.78, 5) is 14.0. The first-order valence-electron chi connectivity index (χ1n) is 14.2. The van der Waals surface area contributed by atoms with Crippen molar-refractivity contribution in [2.24, 2.45) is 5.92 Å². The summed E-state index contributed by atoms with van der Waals surface area (Å²) in [5.74, 6) is 0.432. The van der Waals surface area contributed by atoms with Crippen LogP contribution in [0.2, 0.25) is 0 Å². The Balaban J connectivity index is 1.69. The molecule has 0 aliphatic heterocycles. The van der Waals surface area contributed by atoms with Gasteiger partial charge in [0.05, 0.1) is 18.5 Å². The van der Waals surface area contributed by atoms with Gasteiger partial charge in [-0.15, -0.1) is 4.80 Å². The second kappa shape index (κ2) is 14.1. The Morgan fingerprint density at radius 1 is 1.03 bits per heavy atom. The number of hydrogen-bond acceptors (Lipinski definition) is 5. The lowest BCUT2D eigenvalue weighted by Gasteiger charge is -2.23. The van der Waals surface area contributed by atoms with Gasteiger partial charge in [0.25, 0.3) is 0 Å². The first kappa shape index (κ1) is 29.4. The molecule has 1 unspecified atom stereocenters. The monoisotopic (exact) mass is 519 g/mol. The summed E-state index contributed by atoms with van der Waals surface area (Å²) in [6, 6.07) is 14.3. The van der Waals surface area contributed by atoms with Crippen LogP contribution in [0.5, 0.6) is 5.75 Å². The fraction of sp³-hybridized carbons (Fsp3) is 0.531. The summed E-state index contributed by atoms with van der Waals surface area (Å²) < 4.78 is 5.60. The highest BCUT2D eigenvalue weighted by Gasteiger charge is 2.23. The van der Waals surface area contributed by atoms with Crippen LogP contribution in [-0.4, -0.2) is 32.7 Å². The molecular weight excluding hydrogens is 474 g/mol. The van der Waals surface area contributed by atoms with Crippen molar-refractivity contribution in [3.05, 3.63) is 71.0 Å². The number of carbonyl (C=O) groups is 1. The maximum atomic E-state index is 12.5. The third kappa shape index (κ3) is 8.71. The van der Waals surface area contributed by atoms with Gasteiger partial charge in [-0.25, -0.2) is 0 Å². The van der Waals surface area contributed by atoms with Gasteiger partial charge in [-0.2, -0.15) is 10.2 Å². The second-order valence-electron chi connectivity index (χ2n) is 11.3. The Bertz CT molecular complexity index is 1150. The number of unbranched alkanes of at least 4 members (excludes halogenated alkanes) is 1. The predicted octanol–water partition coefficient (Wildman–Crippen LogP) is 7.14. The fourth-order valence-corrected chi connectivity index (χ4v) is 4.62. The van der Waals surface area contributed by atoms with Gasteiger partial charge >= 0.3 is 5.97 Å². The number of carbonyl (C=O) groups excluding carboxylic acids is 1. The molecule has 0 bridgehead atoms. The highest BCUT2D eigenvalue weighted by molar-refractivity contribution is 5.70. The maximum absolute atomic E-state index is 12.5. The average molecular weight is 520 g/mol. The van der Waals surface area contributed by atoms with E-state index < -0.39 is 0 Å². The molecule has 0 radical (unpaired) electrons. The molecule has 206 valence electrons. The molecule has 6 nitrogen and oxygen atoms in total. The normalized spacial score (nSPS) is 12.4. The van der Waals surface area contributed by atoms with E-state index in [-0.39, 0.29) is 17.1 Å². The number of ether oxygens (including phenoxy) is 1. The van der Waals surface area contributed by atoms with Crippen LogP contribution in [0.3, 0.4) is 0 Å². The van der Waals surface area contributed by atoms with Crippen LogP contribution in [0.15, 0.2) is 48.7 Å². The molecular formula is C32H45N3O3. The standard InChI is InChI=1S/C32H45N3O3/c1-6-8-13-24(7-2)23-38-30(36)19-18-26-20-28(32(3,4)5)31(37)29(21-26)35-33-22-27(34-35)17-12-16-25-14-10-9-11-15-25/h9-11,14-15,20-22,24,37H,6-8,12-13,16-19,23H2,1-5H3. The van der Waals surface area contributed by atoms with Crippen LogP contribution >= 0.6 is 0 Å². The summed E-state index contributed by atoms with van der Waals surface area (Å²) >= 11 is 0. The zero-order chi connectivity index (χ0) is 27.5. The molecule has 2 aromatic carbocycles. The number of nitrogens with zero attached hydrogens (tertiary/aromatic N) is 3. The molecule has 0 saturated carbocycles. The molecule has 0 fully saturated rings. The van der Waals surface area contributed by atoms with Gasteiger partial charge in [-0.3, -0.25) is 4.79 Å². The largest absolute Gasteiger partial charge is 0.505 e. The molecule has 0 spiro atoms. The fourth-order valence-electron chi connectivity index (χ4n) is 4.62. The quantitative estimate of drug-likeness (QED) is 0.229. The molecule has 0 saturated heterocycles. The Hall–Kier alpha value is -3.15. The molecule has 1 heterocycles. The summed E-state index contributed by atoms with van der Waals surface area (Å²) in [5.41, 5.74) is 4.23. The van der Waals surface area contributed by atoms with Crippen molar-refractivity contribution in [2.45, 2.75) is 97.8 Å². The Morgan fingerprint density at radius 2 is 1.79 bits per heavy atom.